The number of nitrogens with zero attached hydrogens (tertiary/aromatic N) is 3. The molecule has 4 aromatic rings. The third-order valence-corrected chi connectivity index (χ3v) is 8.85. The lowest BCUT2D eigenvalue weighted by atomic mass is 10.2. The molecule has 1 aliphatic rings. The number of aromatic nitrogens is 2. The molecule has 4 nitrogen and oxygen atoms in total. The summed E-state index contributed by atoms with van der Waals surface area (Å²) in [5, 5.41) is 2.57. The molecule has 162 valence electrons. The van der Waals surface area contributed by atoms with Crippen LogP contribution >= 0.6 is 46.5 Å². The Morgan fingerprint density at radius 2 is 1.88 bits per heavy atom. The molecule has 0 radical (unpaired) electrons. The zero-order chi connectivity index (χ0) is 22.4. The van der Waals surface area contributed by atoms with Gasteiger partial charge in [0.2, 0.25) is 5.91 Å². The van der Waals surface area contributed by atoms with Crippen molar-refractivity contribution >= 4 is 74.0 Å². The quantitative estimate of drug-likeness (QED) is 0.216. The lowest BCUT2D eigenvalue weighted by Gasteiger charge is -2.31. The molecule has 0 saturated carbocycles. The van der Waals surface area contributed by atoms with Crippen LogP contribution in [-0.2, 0) is 11.2 Å². The lowest BCUT2D eigenvalue weighted by Crippen LogP contribution is -2.30. The van der Waals surface area contributed by atoms with E-state index in [1.54, 1.807) is 28.0 Å². The van der Waals surface area contributed by atoms with Crippen LogP contribution in [0.5, 0.6) is 0 Å². The third kappa shape index (κ3) is 3.81. The number of amides is 1. The van der Waals surface area contributed by atoms with Gasteiger partial charge in [-0.15, -0.1) is 11.3 Å². The van der Waals surface area contributed by atoms with Crippen molar-refractivity contribution in [1.82, 2.24) is 9.97 Å². The van der Waals surface area contributed by atoms with Crippen LogP contribution in [0, 0.1) is 13.8 Å². The van der Waals surface area contributed by atoms with Crippen molar-refractivity contribution in [3.8, 4) is 0 Å². The normalized spacial score (nSPS) is 12.7. The summed E-state index contributed by atoms with van der Waals surface area (Å²) in [5.41, 5.74) is 2.92. The van der Waals surface area contributed by atoms with Crippen molar-refractivity contribution in [2.24, 2.45) is 0 Å². The summed E-state index contributed by atoms with van der Waals surface area (Å²) in [6.07, 6.45) is 0.760. The van der Waals surface area contributed by atoms with E-state index in [1.165, 1.54) is 22.2 Å². The molecule has 1 amide bonds. The number of anilines is 2. The Hall–Kier alpha value is -2.06. The molecule has 0 spiro atoms. The molecule has 0 aliphatic carbocycles. The molecule has 32 heavy (non-hydrogen) atoms. The van der Waals surface area contributed by atoms with Gasteiger partial charge in [0.15, 0.2) is 0 Å². The number of hydrogen-bond donors (Lipinski definition) is 0. The number of carbonyl (C=O) groups is 1. The van der Waals surface area contributed by atoms with Crippen molar-refractivity contribution < 1.29 is 4.79 Å². The summed E-state index contributed by atoms with van der Waals surface area (Å²) >= 11 is 11.1. The number of benzene rings is 2. The first-order chi connectivity index (χ1) is 15.5. The number of halogens is 1. The Morgan fingerprint density at radius 3 is 2.69 bits per heavy atom. The van der Waals surface area contributed by atoms with Crippen LogP contribution in [0.25, 0.3) is 10.2 Å². The molecular weight excluding hydrogens is 478 g/mol. The van der Waals surface area contributed by atoms with E-state index < -0.39 is 0 Å². The highest BCUT2D eigenvalue weighted by Crippen LogP contribution is 2.49. The van der Waals surface area contributed by atoms with E-state index in [1.807, 2.05) is 42.5 Å². The van der Waals surface area contributed by atoms with E-state index in [-0.39, 0.29) is 11.7 Å². The zero-order valence-electron chi connectivity index (χ0n) is 17.8. The molecule has 2 aromatic carbocycles. The van der Waals surface area contributed by atoms with Crippen LogP contribution < -0.4 is 4.90 Å². The fourth-order valence-electron chi connectivity index (χ4n) is 3.71. The van der Waals surface area contributed by atoms with Gasteiger partial charge in [-0.05, 0) is 49.7 Å². The highest BCUT2D eigenvalue weighted by atomic mass is 35.5. The molecule has 0 atom stereocenters. The second kappa shape index (κ2) is 8.71. The van der Waals surface area contributed by atoms with Gasteiger partial charge in [-0.1, -0.05) is 54.2 Å². The number of aryl methyl sites for hydroxylation is 3. The smallest absolute Gasteiger partial charge is 0.242 e. The number of fused-ring (bicyclic) bond motifs is 3. The maximum atomic E-state index is 13.6. The summed E-state index contributed by atoms with van der Waals surface area (Å²) in [7, 11) is 0. The number of rotatable bonds is 4. The van der Waals surface area contributed by atoms with Gasteiger partial charge in [0.05, 0.1) is 17.1 Å². The molecule has 0 fully saturated rings. The van der Waals surface area contributed by atoms with Crippen molar-refractivity contribution in [1.29, 1.82) is 0 Å². The zero-order valence-corrected chi connectivity index (χ0v) is 21.0. The minimum atomic E-state index is 0.000631. The summed E-state index contributed by atoms with van der Waals surface area (Å²) in [5.74, 6) is 1.08. The maximum Gasteiger partial charge on any atom is 0.242 e. The lowest BCUT2D eigenvalue weighted by molar-refractivity contribution is -0.115. The topological polar surface area (TPSA) is 46.1 Å². The van der Waals surface area contributed by atoms with Gasteiger partial charge >= 0.3 is 0 Å². The average Bonchev–Trinajstić information content (AvgIpc) is 3.09. The Labute approximate surface area is 204 Å². The van der Waals surface area contributed by atoms with Crippen molar-refractivity contribution in [3.05, 3.63) is 63.8 Å². The van der Waals surface area contributed by atoms with E-state index in [2.05, 4.69) is 20.8 Å². The fourth-order valence-corrected chi connectivity index (χ4v) is 6.98. The molecule has 2 aromatic heterocycles. The minimum absolute atomic E-state index is 0.000631. The molecule has 1 aliphatic heterocycles. The number of thiophene rings is 1. The molecule has 5 rings (SSSR count). The Kier molecular flexibility index (Phi) is 5.92. The van der Waals surface area contributed by atoms with Crippen LogP contribution in [0.2, 0.25) is 5.02 Å². The van der Waals surface area contributed by atoms with E-state index in [0.717, 1.165) is 48.7 Å². The van der Waals surface area contributed by atoms with Crippen molar-refractivity contribution in [3.63, 3.8) is 0 Å². The van der Waals surface area contributed by atoms with Gasteiger partial charge in [0.1, 0.15) is 15.7 Å². The molecule has 8 heteroatoms. The molecule has 0 N–H and O–H groups in total. The Bertz CT molecular complexity index is 1370. The van der Waals surface area contributed by atoms with E-state index in [9.17, 15) is 4.79 Å². The van der Waals surface area contributed by atoms with E-state index in [0.29, 0.717) is 5.02 Å². The largest absolute Gasteiger partial charge is 0.278 e. The Morgan fingerprint density at radius 1 is 1.09 bits per heavy atom. The first-order valence-electron chi connectivity index (χ1n) is 10.2. The third-order valence-electron chi connectivity index (χ3n) is 5.43. The standard InChI is InChI=1S/C24H20ClN3OS3/c1-4-20-26-23(22-13(2)14(3)31-24(22)27-20)30-12-21(29)28-16-7-5-6-8-18(16)32-19-10-9-15(25)11-17(19)28/h5-11H,4,12H2,1-3H3. The first kappa shape index (κ1) is 21.8. The SMILES string of the molecule is CCc1nc(SCC(=O)N2c3ccccc3Sc3ccc(Cl)cc32)c2c(C)c(C)sc2n1. The highest BCUT2D eigenvalue weighted by Gasteiger charge is 2.28. The Balaban J connectivity index is 1.51. The number of para-hydroxylation sites is 1. The van der Waals surface area contributed by atoms with Gasteiger partial charge in [-0.25, -0.2) is 9.97 Å². The number of carbonyl (C=O) groups excluding carboxylic acids is 1. The van der Waals surface area contributed by atoms with Crippen LogP contribution in [0.3, 0.4) is 0 Å². The average molecular weight is 498 g/mol. The van der Waals surface area contributed by atoms with Gasteiger partial charge in [0.25, 0.3) is 0 Å². The predicted molar refractivity (Wildman–Crippen MR) is 136 cm³/mol. The van der Waals surface area contributed by atoms with Gasteiger partial charge in [0, 0.05) is 31.5 Å². The van der Waals surface area contributed by atoms with Gasteiger partial charge in [-0.3, -0.25) is 9.69 Å². The van der Waals surface area contributed by atoms with Gasteiger partial charge < -0.3 is 0 Å². The molecular formula is C24H20ClN3OS3. The fraction of sp³-hybridized carbons (Fsp3) is 0.208. The van der Waals surface area contributed by atoms with Crippen molar-refractivity contribution in [2.45, 2.75) is 42.0 Å². The van der Waals surface area contributed by atoms with Gasteiger partial charge in [-0.2, -0.15) is 0 Å². The van der Waals surface area contributed by atoms with E-state index in [4.69, 9.17) is 21.6 Å². The maximum absolute atomic E-state index is 13.6. The molecule has 0 bridgehead atoms. The predicted octanol–water partition coefficient (Wildman–Crippen LogP) is 7.45. The van der Waals surface area contributed by atoms with Crippen LogP contribution in [0.1, 0.15) is 23.2 Å². The van der Waals surface area contributed by atoms with Crippen molar-refractivity contribution in [2.75, 3.05) is 10.7 Å². The number of thioether (sulfide) groups is 1. The molecule has 0 saturated heterocycles. The summed E-state index contributed by atoms with van der Waals surface area (Å²) in [4.78, 5) is 29.2. The van der Waals surface area contributed by atoms with Crippen LogP contribution in [0.4, 0.5) is 11.4 Å². The summed E-state index contributed by atoms with van der Waals surface area (Å²) in [6.45, 7) is 6.26. The highest BCUT2D eigenvalue weighted by molar-refractivity contribution is 8.00. The minimum Gasteiger partial charge on any atom is -0.278 e. The molecule has 0 unspecified atom stereocenters. The van der Waals surface area contributed by atoms with Crippen LogP contribution in [-0.4, -0.2) is 21.6 Å². The van der Waals surface area contributed by atoms with E-state index >= 15 is 0 Å². The summed E-state index contributed by atoms with van der Waals surface area (Å²) < 4.78 is 0. The second-order valence-corrected chi connectivity index (χ2v) is 11.1. The first-order valence-corrected chi connectivity index (χ1v) is 13.2. The second-order valence-electron chi connectivity index (χ2n) is 7.46. The monoisotopic (exact) mass is 497 g/mol. The molecule has 3 heterocycles. The van der Waals surface area contributed by atoms with Crippen LogP contribution in [0.15, 0.2) is 57.3 Å². The summed E-state index contributed by atoms with van der Waals surface area (Å²) in [6, 6.07) is 13.7. The number of hydrogen-bond acceptors (Lipinski definition) is 6.